The number of rotatable bonds is 6. The predicted octanol–water partition coefficient (Wildman–Crippen LogP) is 0.433. The van der Waals surface area contributed by atoms with Gasteiger partial charge in [-0.3, -0.25) is 9.69 Å². The molecule has 1 N–H and O–H groups in total. The summed E-state index contributed by atoms with van der Waals surface area (Å²) >= 11 is 0. The first-order valence-corrected chi connectivity index (χ1v) is 7.86. The lowest BCUT2D eigenvalue weighted by Gasteiger charge is -2.35. The van der Waals surface area contributed by atoms with Gasteiger partial charge in [0.15, 0.2) is 0 Å². The Kier molecular flexibility index (Phi) is 6.15. The quantitative estimate of drug-likeness (QED) is 0.826. The molecule has 22 heavy (non-hydrogen) atoms. The molecule has 0 radical (unpaired) electrons. The van der Waals surface area contributed by atoms with Crippen molar-refractivity contribution < 1.29 is 9.90 Å². The molecule has 1 aromatic heterocycles. The lowest BCUT2D eigenvalue weighted by Crippen LogP contribution is -2.50. The van der Waals surface area contributed by atoms with Crippen LogP contribution < -0.4 is 4.90 Å². The first-order chi connectivity index (χ1) is 10.6. The Morgan fingerprint density at radius 1 is 1.36 bits per heavy atom. The van der Waals surface area contributed by atoms with Gasteiger partial charge in [-0.15, -0.1) is 0 Å². The maximum absolute atomic E-state index is 12.2. The summed E-state index contributed by atoms with van der Waals surface area (Å²) in [6.45, 7) is 6.31. The van der Waals surface area contributed by atoms with Crippen LogP contribution in [0.25, 0.3) is 0 Å². The van der Waals surface area contributed by atoms with Crippen LogP contribution in [0.15, 0.2) is 24.4 Å². The van der Waals surface area contributed by atoms with Crippen LogP contribution >= 0.6 is 0 Å². The summed E-state index contributed by atoms with van der Waals surface area (Å²) in [5, 5.41) is 9.28. The number of piperazine rings is 1. The third kappa shape index (κ3) is 4.96. The molecule has 2 heterocycles. The molecule has 1 atom stereocenters. The van der Waals surface area contributed by atoms with Crippen LogP contribution in [-0.4, -0.2) is 78.2 Å². The maximum Gasteiger partial charge on any atom is 0.236 e. The fraction of sp³-hybridized carbons (Fsp3) is 0.625. The number of pyridine rings is 1. The minimum absolute atomic E-state index is 0.118. The second-order valence-corrected chi connectivity index (χ2v) is 5.90. The van der Waals surface area contributed by atoms with Gasteiger partial charge in [-0.25, -0.2) is 4.98 Å². The van der Waals surface area contributed by atoms with E-state index in [0.29, 0.717) is 19.5 Å². The third-order valence-corrected chi connectivity index (χ3v) is 4.01. The normalized spacial score (nSPS) is 17.3. The molecule has 1 unspecified atom stereocenters. The molecule has 1 saturated heterocycles. The van der Waals surface area contributed by atoms with Crippen molar-refractivity contribution in [3.05, 3.63) is 24.4 Å². The Morgan fingerprint density at radius 2 is 2.09 bits per heavy atom. The van der Waals surface area contributed by atoms with Gasteiger partial charge in [0.25, 0.3) is 0 Å². The van der Waals surface area contributed by atoms with E-state index in [0.717, 1.165) is 32.0 Å². The summed E-state index contributed by atoms with van der Waals surface area (Å²) in [5.41, 5.74) is 0. The van der Waals surface area contributed by atoms with Gasteiger partial charge in [0, 0.05) is 46.0 Å². The van der Waals surface area contributed by atoms with Crippen LogP contribution in [0.4, 0.5) is 5.82 Å². The molecule has 1 fully saturated rings. The van der Waals surface area contributed by atoms with Gasteiger partial charge in [0.1, 0.15) is 5.82 Å². The molecule has 1 aliphatic rings. The Balaban J connectivity index is 1.74. The highest BCUT2D eigenvalue weighted by atomic mass is 16.3. The van der Waals surface area contributed by atoms with Crippen LogP contribution in [0, 0.1) is 0 Å². The van der Waals surface area contributed by atoms with Gasteiger partial charge in [-0.05, 0) is 25.5 Å². The van der Waals surface area contributed by atoms with E-state index >= 15 is 0 Å². The van der Waals surface area contributed by atoms with Crippen molar-refractivity contribution in [3.63, 3.8) is 0 Å². The topological polar surface area (TPSA) is 59.9 Å². The number of aliphatic hydroxyl groups excluding tert-OH is 1. The number of carbonyl (C=O) groups is 1. The molecule has 0 aromatic carbocycles. The van der Waals surface area contributed by atoms with Crippen molar-refractivity contribution in [2.45, 2.75) is 19.4 Å². The highest BCUT2D eigenvalue weighted by Crippen LogP contribution is 2.12. The Bertz CT molecular complexity index is 458. The molecule has 0 saturated carbocycles. The van der Waals surface area contributed by atoms with Crippen molar-refractivity contribution in [2.24, 2.45) is 0 Å². The number of aliphatic hydroxyl groups is 1. The number of likely N-dealkylation sites (N-methyl/N-ethyl adjacent to an activating group) is 1. The fourth-order valence-corrected chi connectivity index (χ4v) is 2.49. The second kappa shape index (κ2) is 8.10. The molecule has 6 heteroatoms. The average Bonchev–Trinajstić information content (AvgIpc) is 2.54. The third-order valence-electron chi connectivity index (χ3n) is 4.01. The lowest BCUT2D eigenvalue weighted by molar-refractivity contribution is -0.131. The fourth-order valence-electron chi connectivity index (χ4n) is 2.49. The van der Waals surface area contributed by atoms with E-state index < -0.39 is 0 Å². The molecule has 0 aliphatic carbocycles. The zero-order chi connectivity index (χ0) is 15.9. The number of carbonyl (C=O) groups excluding carboxylic acids is 1. The van der Waals surface area contributed by atoms with E-state index in [-0.39, 0.29) is 12.0 Å². The van der Waals surface area contributed by atoms with Crippen molar-refractivity contribution in [1.82, 2.24) is 14.8 Å². The zero-order valence-electron chi connectivity index (χ0n) is 13.5. The first kappa shape index (κ1) is 16.7. The summed E-state index contributed by atoms with van der Waals surface area (Å²) < 4.78 is 0. The summed E-state index contributed by atoms with van der Waals surface area (Å²) in [7, 11) is 1.80. The molecule has 1 aliphatic heterocycles. The highest BCUT2D eigenvalue weighted by Gasteiger charge is 2.21. The van der Waals surface area contributed by atoms with Gasteiger partial charge in [0.05, 0.1) is 12.6 Å². The van der Waals surface area contributed by atoms with E-state index in [1.165, 1.54) is 0 Å². The van der Waals surface area contributed by atoms with Gasteiger partial charge in [-0.2, -0.15) is 0 Å². The Hall–Kier alpha value is -1.66. The number of hydrogen-bond donors (Lipinski definition) is 1. The number of hydrogen-bond acceptors (Lipinski definition) is 5. The highest BCUT2D eigenvalue weighted by molar-refractivity contribution is 5.78. The largest absolute Gasteiger partial charge is 0.393 e. The zero-order valence-corrected chi connectivity index (χ0v) is 13.5. The molecule has 1 aromatic rings. The van der Waals surface area contributed by atoms with Crippen LogP contribution in [-0.2, 0) is 4.79 Å². The van der Waals surface area contributed by atoms with E-state index in [2.05, 4.69) is 14.8 Å². The monoisotopic (exact) mass is 306 g/mol. The van der Waals surface area contributed by atoms with Crippen molar-refractivity contribution in [1.29, 1.82) is 0 Å². The van der Waals surface area contributed by atoms with E-state index in [9.17, 15) is 9.90 Å². The van der Waals surface area contributed by atoms with Crippen LogP contribution in [0.2, 0.25) is 0 Å². The molecule has 2 rings (SSSR count). The molecule has 1 amide bonds. The SMILES string of the molecule is CC(O)CCN(C)C(=O)CN1CCN(c2ccccn2)CC1. The van der Waals surface area contributed by atoms with Crippen molar-refractivity contribution in [3.8, 4) is 0 Å². The molecular formula is C16H26N4O2. The van der Waals surface area contributed by atoms with E-state index in [4.69, 9.17) is 0 Å². The molecule has 122 valence electrons. The predicted molar refractivity (Wildman–Crippen MR) is 86.8 cm³/mol. The molecule has 6 nitrogen and oxygen atoms in total. The van der Waals surface area contributed by atoms with Gasteiger partial charge >= 0.3 is 0 Å². The number of amides is 1. The minimum Gasteiger partial charge on any atom is -0.393 e. The summed E-state index contributed by atoms with van der Waals surface area (Å²) in [6, 6.07) is 5.93. The first-order valence-electron chi connectivity index (χ1n) is 7.86. The van der Waals surface area contributed by atoms with Crippen molar-refractivity contribution >= 4 is 11.7 Å². The van der Waals surface area contributed by atoms with Gasteiger partial charge in [-0.1, -0.05) is 6.07 Å². The molecule has 0 spiro atoms. The van der Waals surface area contributed by atoms with Gasteiger partial charge < -0.3 is 14.9 Å². The summed E-state index contributed by atoms with van der Waals surface area (Å²) in [6.07, 6.45) is 2.06. The minimum atomic E-state index is -0.364. The Morgan fingerprint density at radius 3 is 2.68 bits per heavy atom. The second-order valence-electron chi connectivity index (χ2n) is 5.90. The maximum atomic E-state index is 12.2. The average molecular weight is 306 g/mol. The number of aromatic nitrogens is 1. The summed E-state index contributed by atoms with van der Waals surface area (Å²) in [4.78, 5) is 22.7. The van der Waals surface area contributed by atoms with E-state index in [1.807, 2.05) is 24.4 Å². The smallest absolute Gasteiger partial charge is 0.236 e. The summed E-state index contributed by atoms with van der Waals surface area (Å²) in [5.74, 6) is 1.12. The number of anilines is 1. The van der Waals surface area contributed by atoms with Crippen LogP contribution in [0.5, 0.6) is 0 Å². The van der Waals surface area contributed by atoms with E-state index in [1.54, 1.807) is 18.9 Å². The lowest BCUT2D eigenvalue weighted by atomic mass is 10.2. The molecule has 0 bridgehead atoms. The number of nitrogens with zero attached hydrogens (tertiary/aromatic N) is 4. The van der Waals surface area contributed by atoms with Crippen LogP contribution in [0.3, 0.4) is 0 Å². The Labute approximate surface area is 132 Å². The molecular weight excluding hydrogens is 280 g/mol. The standard InChI is InChI=1S/C16H26N4O2/c1-14(21)6-8-18(2)16(22)13-19-9-11-20(12-10-19)15-5-3-4-7-17-15/h3-5,7,14,21H,6,8-13H2,1-2H3. The van der Waals surface area contributed by atoms with Crippen LogP contribution in [0.1, 0.15) is 13.3 Å². The van der Waals surface area contributed by atoms with Crippen molar-refractivity contribution in [2.75, 3.05) is 51.2 Å². The van der Waals surface area contributed by atoms with Gasteiger partial charge in [0.2, 0.25) is 5.91 Å².